The van der Waals surface area contributed by atoms with Crippen LogP contribution in [0.4, 0.5) is 0 Å². The van der Waals surface area contributed by atoms with Gasteiger partial charge in [0.2, 0.25) is 5.91 Å². The van der Waals surface area contributed by atoms with Crippen LogP contribution in [-0.4, -0.2) is 39.8 Å². The molecule has 1 fully saturated rings. The summed E-state index contributed by atoms with van der Waals surface area (Å²) in [4.78, 5) is 18.9. The van der Waals surface area contributed by atoms with Gasteiger partial charge in [-0.05, 0) is 42.7 Å². The summed E-state index contributed by atoms with van der Waals surface area (Å²) in [5, 5.41) is 4.19. The van der Waals surface area contributed by atoms with E-state index in [0.29, 0.717) is 13.0 Å². The molecule has 29 heavy (non-hydrogen) atoms. The second kappa shape index (κ2) is 8.34. The van der Waals surface area contributed by atoms with Gasteiger partial charge in [-0.3, -0.25) is 4.79 Å². The van der Waals surface area contributed by atoms with Gasteiger partial charge in [-0.25, -0.2) is 9.67 Å². The molecule has 0 aliphatic carbocycles. The Hall–Kier alpha value is -3.35. The summed E-state index contributed by atoms with van der Waals surface area (Å²) in [5.41, 5.74) is 2.88. The number of likely N-dealkylation sites (tertiary alicyclic amines) is 1. The molecule has 4 rings (SSSR count). The Labute approximate surface area is 169 Å². The van der Waals surface area contributed by atoms with Crippen LogP contribution >= 0.6 is 0 Å². The molecule has 1 amide bonds. The minimum absolute atomic E-state index is 0.0997. The highest BCUT2D eigenvalue weighted by atomic mass is 16.5. The number of aromatic nitrogens is 3. The molecule has 0 spiro atoms. The second-order valence-corrected chi connectivity index (χ2v) is 7.02. The first kappa shape index (κ1) is 19.0. The zero-order chi connectivity index (χ0) is 20.2. The largest absolute Gasteiger partial charge is 0.496 e. The van der Waals surface area contributed by atoms with Crippen LogP contribution in [-0.2, 0) is 11.3 Å². The number of rotatable bonds is 6. The van der Waals surface area contributed by atoms with Gasteiger partial charge in [0.05, 0.1) is 31.5 Å². The number of nitrogens with zero attached hydrogens (tertiary/aromatic N) is 4. The van der Waals surface area contributed by atoms with Crippen molar-refractivity contribution in [2.75, 3.05) is 14.2 Å². The van der Waals surface area contributed by atoms with Crippen LogP contribution in [0.5, 0.6) is 11.5 Å². The maximum atomic E-state index is 12.9. The van der Waals surface area contributed by atoms with Crippen molar-refractivity contribution in [3.05, 3.63) is 66.2 Å². The predicted molar refractivity (Wildman–Crippen MR) is 108 cm³/mol. The van der Waals surface area contributed by atoms with Crippen molar-refractivity contribution in [1.29, 1.82) is 0 Å². The van der Waals surface area contributed by atoms with Crippen molar-refractivity contribution in [3.63, 3.8) is 0 Å². The van der Waals surface area contributed by atoms with Crippen LogP contribution in [0.3, 0.4) is 0 Å². The summed E-state index contributed by atoms with van der Waals surface area (Å²) in [7, 11) is 3.30. The third-order valence-electron chi connectivity index (χ3n) is 5.31. The Morgan fingerprint density at radius 3 is 2.55 bits per heavy atom. The fourth-order valence-electron chi connectivity index (χ4n) is 3.96. The molecule has 7 heteroatoms. The van der Waals surface area contributed by atoms with E-state index < -0.39 is 0 Å². The van der Waals surface area contributed by atoms with E-state index in [-0.39, 0.29) is 11.9 Å². The average molecular weight is 392 g/mol. The number of hydrogen-bond donors (Lipinski definition) is 0. The number of methoxy groups -OCH3 is 2. The zero-order valence-electron chi connectivity index (χ0n) is 16.6. The molecule has 1 unspecified atom stereocenters. The molecule has 1 atom stereocenters. The maximum Gasteiger partial charge on any atom is 0.223 e. The van der Waals surface area contributed by atoms with Crippen molar-refractivity contribution in [1.82, 2.24) is 19.7 Å². The number of amides is 1. The quantitative estimate of drug-likeness (QED) is 0.642. The van der Waals surface area contributed by atoms with Crippen molar-refractivity contribution in [2.24, 2.45) is 0 Å². The molecular weight excluding hydrogens is 368 g/mol. The molecule has 7 nitrogen and oxygen atoms in total. The molecule has 1 aliphatic heterocycles. The smallest absolute Gasteiger partial charge is 0.223 e. The van der Waals surface area contributed by atoms with E-state index in [9.17, 15) is 4.79 Å². The van der Waals surface area contributed by atoms with E-state index in [0.717, 1.165) is 41.2 Å². The number of hydrogen-bond acceptors (Lipinski definition) is 5. The highest BCUT2D eigenvalue weighted by Gasteiger charge is 2.33. The zero-order valence-corrected chi connectivity index (χ0v) is 16.6. The van der Waals surface area contributed by atoms with Crippen LogP contribution in [0, 0.1) is 0 Å². The molecular formula is C22H24N4O3. The summed E-state index contributed by atoms with van der Waals surface area (Å²) in [5.74, 6) is 1.62. The molecule has 150 valence electrons. The summed E-state index contributed by atoms with van der Waals surface area (Å²) in [6.45, 7) is 0.507. The molecule has 0 saturated carbocycles. The van der Waals surface area contributed by atoms with E-state index >= 15 is 0 Å². The van der Waals surface area contributed by atoms with Gasteiger partial charge in [0.25, 0.3) is 0 Å². The van der Waals surface area contributed by atoms with Gasteiger partial charge in [-0.15, -0.1) is 0 Å². The molecule has 0 N–H and O–H groups in total. The number of carbonyl (C=O) groups is 1. The number of benzene rings is 2. The summed E-state index contributed by atoms with van der Waals surface area (Å²) in [6, 6.07) is 13.6. The molecule has 0 bridgehead atoms. The minimum atomic E-state index is -0.0997. The molecule has 2 aromatic carbocycles. The molecule has 0 radical (unpaired) electrons. The number of ether oxygens (including phenoxy) is 2. The van der Waals surface area contributed by atoms with Crippen molar-refractivity contribution < 1.29 is 14.3 Å². The third kappa shape index (κ3) is 3.81. The fourth-order valence-corrected chi connectivity index (χ4v) is 3.96. The SMILES string of the molecule is COc1cccc(OC)c1C1CCCC(=O)N1Cc1cccc(-n2cncn2)c1. The first-order valence-electron chi connectivity index (χ1n) is 9.65. The van der Waals surface area contributed by atoms with Gasteiger partial charge in [0.1, 0.15) is 24.2 Å². The Morgan fingerprint density at radius 2 is 1.86 bits per heavy atom. The summed E-state index contributed by atoms with van der Waals surface area (Å²) < 4.78 is 12.9. The molecule has 3 aromatic rings. The lowest BCUT2D eigenvalue weighted by atomic mass is 9.92. The summed E-state index contributed by atoms with van der Waals surface area (Å²) >= 11 is 0. The first-order valence-corrected chi connectivity index (χ1v) is 9.65. The molecule has 2 heterocycles. The van der Waals surface area contributed by atoms with Gasteiger partial charge in [0.15, 0.2) is 0 Å². The van der Waals surface area contributed by atoms with Gasteiger partial charge >= 0.3 is 0 Å². The topological polar surface area (TPSA) is 69.5 Å². The predicted octanol–water partition coefficient (Wildman–Crippen LogP) is 3.54. The van der Waals surface area contributed by atoms with E-state index in [1.54, 1.807) is 25.2 Å². The van der Waals surface area contributed by atoms with Crippen molar-refractivity contribution in [2.45, 2.75) is 31.8 Å². The Balaban J connectivity index is 1.69. The van der Waals surface area contributed by atoms with Crippen LogP contribution in [0.2, 0.25) is 0 Å². The van der Waals surface area contributed by atoms with Gasteiger partial charge in [0, 0.05) is 13.0 Å². The van der Waals surface area contributed by atoms with Crippen LogP contribution in [0.25, 0.3) is 5.69 Å². The van der Waals surface area contributed by atoms with Crippen LogP contribution < -0.4 is 9.47 Å². The monoisotopic (exact) mass is 392 g/mol. The number of carbonyl (C=O) groups excluding carboxylic acids is 1. The lowest BCUT2D eigenvalue weighted by Crippen LogP contribution is -2.38. The minimum Gasteiger partial charge on any atom is -0.496 e. The summed E-state index contributed by atoms with van der Waals surface area (Å²) in [6.07, 6.45) is 5.43. The Bertz CT molecular complexity index is 965. The lowest BCUT2D eigenvalue weighted by Gasteiger charge is -2.37. The second-order valence-electron chi connectivity index (χ2n) is 7.02. The third-order valence-corrected chi connectivity index (χ3v) is 5.31. The molecule has 1 saturated heterocycles. The van der Waals surface area contributed by atoms with Gasteiger partial charge in [-0.2, -0.15) is 5.10 Å². The fraction of sp³-hybridized carbons (Fsp3) is 0.318. The standard InChI is InChI=1S/C22H24N4O3/c1-28-19-9-5-10-20(29-2)22(19)18-8-4-11-21(27)25(18)13-16-6-3-7-17(12-16)26-15-23-14-24-26/h3,5-7,9-10,12,14-15,18H,4,8,11,13H2,1-2H3. The first-order chi connectivity index (χ1) is 14.2. The van der Waals surface area contributed by atoms with E-state index in [2.05, 4.69) is 10.1 Å². The van der Waals surface area contributed by atoms with Gasteiger partial charge < -0.3 is 14.4 Å². The van der Waals surface area contributed by atoms with Crippen LogP contribution in [0.1, 0.15) is 36.4 Å². The molecule has 1 aromatic heterocycles. The van der Waals surface area contributed by atoms with Gasteiger partial charge in [-0.1, -0.05) is 18.2 Å². The van der Waals surface area contributed by atoms with E-state index in [4.69, 9.17) is 9.47 Å². The maximum absolute atomic E-state index is 12.9. The Kier molecular flexibility index (Phi) is 5.46. The number of piperidine rings is 1. The highest BCUT2D eigenvalue weighted by molar-refractivity contribution is 5.78. The van der Waals surface area contributed by atoms with Crippen LogP contribution in [0.15, 0.2) is 55.1 Å². The highest BCUT2D eigenvalue weighted by Crippen LogP contribution is 2.42. The Morgan fingerprint density at radius 1 is 1.10 bits per heavy atom. The average Bonchev–Trinajstić information content (AvgIpc) is 3.30. The van der Waals surface area contributed by atoms with Crippen molar-refractivity contribution >= 4 is 5.91 Å². The normalized spacial score (nSPS) is 16.7. The molecule has 1 aliphatic rings. The van der Waals surface area contributed by atoms with Crippen molar-refractivity contribution in [3.8, 4) is 17.2 Å². The lowest BCUT2D eigenvalue weighted by molar-refractivity contribution is -0.137. The van der Waals surface area contributed by atoms with E-state index in [1.165, 1.54) is 6.33 Å². The van der Waals surface area contributed by atoms with E-state index in [1.807, 2.05) is 47.4 Å².